The van der Waals surface area contributed by atoms with Gasteiger partial charge in [-0.15, -0.1) is 0 Å². The van der Waals surface area contributed by atoms with Crippen molar-refractivity contribution < 1.29 is 24.2 Å². The first kappa shape index (κ1) is 22.9. The number of hydrogen-bond acceptors (Lipinski definition) is 6. The maximum absolute atomic E-state index is 11.6. The summed E-state index contributed by atoms with van der Waals surface area (Å²) in [5.74, 6) is -0.710. The van der Waals surface area contributed by atoms with Crippen LogP contribution in [0, 0.1) is 0 Å². The lowest BCUT2D eigenvalue weighted by molar-refractivity contribution is -0.148. The molecule has 0 aliphatic heterocycles. The maximum Gasteiger partial charge on any atom is 0.320 e. The summed E-state index contributed by atoms with van der Waals surface area (Å²) in [5, 5.41) is 9.83. The predicted octanol–water partition coefficient (Wildman–Crippen LogP) is 2.53. The fourth-order valence-corrected chi connectivity index (χ4v) is 2.30. The molecule has 0 aromatic rings. The highest BCUT2D eigenvalue weighted by atomic mass is 16.5. The first-order valence-corrected chi connectivity index (χ1v) is 9.11. The van der Waals surface area contributed by atoms with E-state index in [1.807, 2.05) is 0 Å². The summed E-state index contributed by atoms with van der Waals surface area (Å²) in [6.07, 6.45) is 8.48. The number of nitrogens with zero attached hydrogens (tertiary/aromatic N) is 1. The molecule has 0 fully saturated rings. The van der Waals surface area contributed by atoms with Crippen LogP contribution in [0.1, 0.15) is 65.2 Å². The molecule has 0 rings (SSSR count). The van der Waals surface area contributed by atoms with Gasteiger partial charge < -0.3 is 14.6 Å². The third-order valence-corrected chi connectivity index (χ3v) is 3.75. The molecule has 6 nitrogen and oxygen atoms in total. The number of ether oxygens (including phenoxy) is 2. The monoisotopic (exact) mass is 345 g/mol. The SMILES string of the molecule is CCCCCCCCCC(O)COC(=O)CN(C)CCOC(C)=O. The van der Waals surface area contributed by atoms with Gasteiger partial charge in [0.05, 0.1) is 12.6 Å². The Morgan fingerprint density at radius 2 is 1.67 bits per heavy atom. The van der Waals surface area contributed by atoms with Gasteiger partial charge >= 0.3 is 11.9 Å². The number of carbonyl (C=O) groups is 2. The Balaban J connectivity index is 3.55. The molecule has 0 saturated carbocycles. The molecule has 24 heavy (non-hydrogen) atoms. The first-order chi connectivity index (χ1) is 11.5. The highest BCUT2D eigenvalue weighted by molar-refractivity contribution is 5.71. The second kappa shape index (κ2) is 15.4. The number of aliphatic hydroxyl groups is 1. The van der Waals surface area contributed by atoms with Gasteiger partial charge in [-0.25, -0.2) is 0 Å². The average molecular weight is 345 g/mol. The van der Waals surface area contributed by atoms with E-state index in [2.05, 4.69) is 6.92 Å². The summed E-state index contributed by atoms with van der Waals surface area (Å²) < 4.78 is 9.88. The van der Waals surface area contributed by atoms with Crippen LogP contribution < -0.4 is 0 Å². The molecule has 0 heterocycles. The van der Waals surface area contributed by atoms with E-state index in [0.717, 1.165) is 12.8 Å². The second-order valence-corrected chi connectivity index (χ2v) is 6.32. The summed E-state index contributed by atoms with van der Waals surface area (Å²) in [7, 11) is 1.75. The Bertz CT molecular complexity index is 335. The van der Waals surface area contributed by atoms with Crippen LogP contribution in [0.15, 0.2) is 0 Å². The van der Waals surface area contributed by atoms with Crippen LogP contribution in [0.4, 0.5) is 0 Å². The van der Waals surface area contributed by atoms with E-state index in [-0.39, 0.29) is 31.7 Å². The third-order valence-electron chi connectivity index (χ3n) is 3.75. The lowest BCUT2D eigenvalue weighted by Crippen LogP contribution is -2.32. The normalized spacial score (nSPS) is 12.2. The second-order valence-electron chi connectivity index (χ2n) is 6.32. The van der Waals surface area contributed by atoms with Gasteiger partial charge in [0.2, 0.25) is 0 Å². The maximum atomic E-state index is 11.6. The molecule has 1 N–H and O–H groups in total. The summed E-state index contributed by atoms with van der Waals surface area (Å²) >= 11 is 0. The van der Waals surface area contributed by atoms with Crippen molar-refractivity contribution >= 4 is 11.9 Å². The van der Waals surface area contributed by atoms with Gasteiger partial charge in [-0.2, -0.15) is 0 Å². The fourth-order valence-electron chi connectivity index (χ4n) is 2.30. The number of unbranched alkanes of at least 4 members (excludes halogenated alkanes) is 6. The van der Waals surface area contributed by atoms with E-state index in [9.17, 15) is 14.7 Å². The standard InChI is InChI=1S/C18H35NO5/c1-4-5-6-7-8-9-10-11-17(21)15-24-18(22)14-19(3)12-13-23-16(2)20/h17,21H,4-15H2,1-3H3. The third kappa shape index (κ3) is 15.7. The predicted molar refractivity (Wildman–Crippen MR) is 93.7 cm³/mol. The van der Waals surface area contributed by atoms with E-state index >= 15 is 0 Å². The van der Waals surface area contributed by atoms with Crippen molar-refractivity contribution in [2.45, 2.75) is 71.3 Å². The van der Waals surface area contributed by atoms with Crippen molar-refractivity contribution in [3.05, 3.63) is 0 Å². The Labute approximate surface area is 146 Å². The molecule has 142 valence electrons. The van der Waals surface area contributed by atoms with Gasteiger partial charge in [-0.3, -0.25) is 14.5 Å². The number of rotatable bonds is 15. The van der Waals surface area contributed by atoms with Crippen molar-refractivity contribution in [2.24, 2.45) is 0 Å². The topological polar surface area (TPSA) is 76.1 Å². The lowest BCUT2D eigenvalue weighted by atomic mass is 10.1. The average Bonchev–Trinajstić information content (AvgIpc) is 2.51. The molecule has 0 bridgehead atoms. The number of carbonyl (C=O) groups excluding carboxylic acids is 2. The Morgan fingerprint density at radius 1 is 1.04 bits per heavy atom. The molecule has 0 aromatic carbocycles. The summed E-state index contributed by atoms with van der Waals surface area (Å²) in [4.78, 5) is 24.0. The first-order valence-electron chi connectivity index (χ1n) is 9.11. The van der Waals surface area contributed by atoms with E-state index in [1.165, 1.54) is 39.0 Å². The van der Waals surface area contributed by atoms with E-state index < -0.39 is 6.10 Å². The summed E-state index contributed by atoms with van der Waals surface area (Å²) in [6, 6.07) is 0. The minimum atomic E-state index is -0.587. The zero-order valence-electron chi connectivity index (χ0n) is 15.6. The van der Waals surface area contributed by atoms with Crippen molar-refractivity contribution in [2.75, 3.05) is 33.4 Å². The summed E-state index contributed by atoms with van der Waals surface area (Å²) in [5.41, 5.74) is 0. The number of aliphatic hydroxyl groups excluding tert-OH is 1. The lowest BCUT2D eigenvalue weighted by Gasteiger charge is -2.16. The van der Waals surface area contributed by atoms with E-state index in [1.54, 1.807) is 11.9 Å². The van der Waals surface area contributed by atoms with Crippen LogP contribution in [0.2, 0.25) is 0 Å². The Kier molecular flexibility index (Phi) is 14.7. The van der Waals surface area contributed by atoms with Gasteiger partial charge in [-0.1, -0.05) is 51.9 Å². The molecule has 0 radical (unpaired) electrons. The smallest absolute Gasteiger partial charge is 0.320 e. The fraction of sp³-hybridized carbons (Fsp3) is 0.889. The van der Waals surface area contributed by atoms with Crippen LogP contribution >= 0.6 is 0 Å². The van der Waals surface area contributed by atoms with Crippen molar-refractivity contribution in [1.82, 2.24) is 4.90 Å². The van der Waals surface area contributed by atoms with E-state index in [0.29, 0.717) is 13.0 Å². The van der Waals surface area contributed by atoms with Gasteiger partial charge in [0.15, 0.2) is 0 Å². The number of likely N-dealkylation sites (N-methyl/N-ethyl adjacent to an activating group) is 1. The molecule has 0 aromatic heterocycles. The molecule has 0 aliphatic rings. The molecule has 1 unspecified atom stereocenters. The molecular weight excluding hydrogens is 310 g/mol. The minimum absolute atomic E-state index is 0.0481. The van der Waals surface area contributed by atoms with Crippen molar-refractivity contribution in [3.8, 4) is 0 Å². The van der Waals surface area contributed by atoms with Crippen LogP contribution in [0.25, 0.3) is 0 Å². The molecule has 0 amide bonds. The van der Waals surface area contributed by atoms with Crippen LogP contribution in [0.3, 0.4) is 0 Å². The van der Waals surface area contributed by atoms with Gasteiger partial charge in [0.25, 0.3) is 0 Å². The molecule has 0 aliphatic carbocycles. The van der Waals surface area contributed by atoms with Crippen LogP contribution in [0.5, 0.6) is 0 Å². The van der Waals surface area contributed by atoms with Crippen LogP contribution in [-0.2, 0) is 19.1 Å². The largest absolute Gasteiger partial charge is 0.465 e. The molecular formula is C18H35NO5. The Hall–Kier alpha value is -1.14. The molecule has 0 spiro atoms. The van der Waals surface area contributed by atoms with Crippen LogP contribution in [-0.4, -0.2) is 61.4 Å². The van der Waals surface area contributed by atoms with E-state index in [4.69, 9.17) is 9.47 Å². The number of hydrogen-bond donors (Lipinski definition) is 1. The quantitative estimate of drug-likeness (QED) is 0.363. The zero-order chi connectivity index (χ0) is 18.2. The van der Waals surface area contributed by atoms with Crippen molar-refractivity contribution in [1.29, 1.82) is 0 Å². The number of esters is 2. The summed E-state index contributed by atoms with van der Waals surface area (Å²) in [6.45, 7) is 4.43. The highest BCUT2D eigenvalue weighted by Gasteiger charge is 2.11. The molecule has 1 atom stereocenters. The minimum Gasteiger partial charge on any atom is -0.465 e. The van der Waals surface area contributed by atoms with Gasteiger partial charge in [0, 0.05) is 13.5 Å². The molecule has 6 heteroatoms. The molecule has 0 saturated heterocycles. The zero-order valence-corrected chi connectivity index (χ0v) is 15.6. The highest BCUT2D eigenvalue weighted by Crippen LogP contribution is 2.10. The van der Waals surface area contributed by atoms with Gasteiger partial charge in [-0.05, 0) is 13.5 Å². The van der Waals surface area contributed by atoms with Gasteiger partial charge in [0.1, 0.15) is 13.2 Å². The van der Waals surface area contributed by atoms with Crippen molar-refractivity contribution in [3.63, 3.8) is 0 Å². The Morgan fingerprint density at radius 3 is 2.29 bits per heavy atom.